The van der Waals surface area contributed by atoms with Gasteiger partial charge in [0.25, 0.3) is 6.41 Å². The van der Waals surface area contributed by atoms with Crippen LogP contribution in [0.2, 0.25) is 0 Å². The third kappa shape index (κ3) is 6.00. The van der Waals surface area contributed by atoms with Gasteiger partial charge in [0.1, 0.15) is 18.2 Å². The monoisotopic (exact) mass is 597 g/mol. The van der Waals surface area contributed by atoms with Crippen molar-refractivity contribution in [3.05, 3.63) is 88.6 Å². The molecule has 2 N–H and O–H groups in total. The zero-order valence-corrected chi connectivity index (χ0v) is 24.0. The summed E-state index contributed by atoms with van der Waals surface area (Å²) in [6.45, 7) is 4.08. The normalized spacial score (nSPS) is 20.6. The summed E-state index contributed by atoms with van der Waals surface area (Å²) in [7, 11) is 0. The van der Waals surface area contributed by atoms with E-state index in [0.717, 1.165) is 80.2 Å². The van der Waals surface area contributed by atoms with Gasteiger partial charge in [-0.15, -0.1) is 0 Å². The molecule has 3 aliphatic heterocycles. The molecule has 0 radical (unpaired) electrons. The van der Waals surface area contributed by atoms with E-state index in [0.29, 0.717) is 23.2 Å². The Morgan fingerprint density at radius 2 is 1.95 bits per heavy atom. The number of aliphatic imine (C=N–C) groups is 1. The number of nitrogens with one attached hydrogen (secondary N) is 1. The molecule has 0 aliphatic carbocycles. The van der Waals surface area contributed by atoms with Crippen molar-refractivity contribution in [1.82, 2.24) is 24.9 Å². The highest BCUT2D eigenvalue weighted by atomic mass is 19.1. The number of hydroxylamine groups is 1. The standard InChI is InChI=1S/C32H32FN7O4/c33-25-14-20(16-34)4-5-23(25)19-43-30-3-1-2-26(36-30)21-8-11-39(12-9-21)18-29-35-27-7-6-22(31-37-32(41)44-38-31)15-28(27)40(29)17-24-10-13-42-24/h1-7,14-15,21,24,32,41H,8-13,17-19H2,(H,37,38)/t24-,32?/m0/s1. The zero-order valence-electron chi connectivity index (χ0n) is 24.0. The molecule has 12 heteroatoms. The minimum Gasteiger partial charge on any atom is -0.473 e. The van der Waals surface area contributed by atoms with E-state index in [-0.39, 0.29) is 18.3 Å². The molecule has 2 atom stereocenters. The van der Waals surface area contributed by atoms with Crippen LogP contribution in [0.1, 0.15) is 53.4 Å². The van der Waals surface area contributed by atoms with Crippen molar-refractivity contribution in [2.45, 2.75) is 57.4 Å². The Balaban J connectivity index is 1.01. The van der Waals surface area contributed by atoms with E-state index in [1.54, 1.807) is 18.2 Å². The number of aromatic nitrogens is 3. The van der Waals surface area contributed by atoms with E-state index < -0.39 is 12.2 Å². The molecule has 2 fully saturated rings. The molecule has 44 heavy (non-hydrogen) atoms. The molecule has 0 saturated carbocycles. The Labute approximate surface area is 253 Å². The van der Waals surface area contributed by atoms with E-state index in [2.05, 4.69) is 19.9 Å². The molecule has 2 saturated heterocycles. The Kier molecular flexibility index (Phi) is 7.93. The number of pyridine rings is 1. The van der Waals surface area contributed by atoms with Crippen LogP contribution in [0.3, 0.4) is 0 Å². The van der Waals surface area contributed by atoms with E-state index in [1.807, 2.05) is 36.4 Å². The molecule has 5 heterocycles. The molecule has 2 aromatic heterocycles. The average molecular weight is 598 g/mol. The van der Waals surface area contributed by atoms with Gasteiger partial charge in [0.15, 0.2) is 5.84 Å². The number of fused-ring (bicyclic) bond motifs is 1. The number of piperidine rings is 1. The number of hydrogen-bond donors (Lipinski definition) is 2. The fraction of sp³-hybridized carbons (Fsp3) is 0.375. The van der Waals surface area contributed by atoms with E-state index >= 15 is 0 Å². The maximum absolute atomic E-state index is 14.3. The maximum Gasteiger partial charge on any atom is 0.280 e. The Bertz CT molecular complexity index is 1740. The molecule has 0 bridgehead atoms. The smallest absolute Gasteiger partial charge is 0.280 e. The Morgan fingerprint density at radius 1 is 1.09 bits per heavy atom. The number of benzene rings is 2. The van der Waals surface area contributed by atoms with Crippen LogP contribution in [0.4, 0.5) is 4.39 Å². The number of aliphatic hydroxyl groups is 1. The third-order valence-electron chi connectivity index (χ3n) is 8.45. The number of nitriles is 1. The van der Waals surface area contributed by atoms with Crippen LogP contribution in [-0.2, 0) is 29.3 Å². The number of rotatable bonds is 9. The number of amidine groups is 1. The van der Waals surface area contributed by atoms with Crippen LogP contribution in [0.25, 0.3) is 11.0 Å². The maximum atomic E-state index is 14.3. The number of hydrogen-bond acceptors (Lipinski definition) is 10. The summed E-state index contributed by atoms with van der Waals surface area (Å²) in [6, 6.07) is 18.0. The predicted octanol–water partition coefficient (Wildman–Crippen LogP) is 3.75. The molecule has 2 aromatic carbocycles. The molecule has 0 spiro atoms. The van der Waals surface area contributed by atoms with Gasteiger partial charge in [-0.25, -0.2) is 29.7 Å². The molecule has 0 amide bonds. The first-order valence-corrected chi connectivity index (χ1v) is 14.8. The molecule has 1 unspecified atom stereocenters. The van der Waals surface area contributed by atoms with E-state index in [4.69, 9.17) is 29.5 Å². The van der Waals surface area contributed by atoms with Crippen molar-refractivity contribution in [1.29, 1.82) is 5.26 Å². The third-order valence-corrected chi connectivity index (χ3v) is 8.45. The molecule has 3 aliphatic rings. The molecule has 226 valence electrons. The summed E-state index contributed by atoms with van der Waals surface area (Å²) >= 11 is 0. The Morgan fingerprint density at radius 3 is 2.68 bits per heavy atom. The summed E-state index contributed by atoms with van der Waals surface area (Å²) in [4.78, 5) is 21.2. The van der Waals surface area contributed by atoms with Crippen LogP contribution in [0, 0.1) is 17.1 Å². The van der Waals surface area contributed by atoms with Gasteiger partial charge in [0, 0.05) is 35.4 Å². The highest BCUT2D eigenvalue weighted by molar-refractivity contribution is 6.01. The highest BCUT2D eigenvalue weighted by Gasteiger charge is 2.26. The quantitative estimate of drug-likeness (QED) is 0.296. The van der Waals surface area contributed by atoms with Crippen molar-refractivity contribution < 1.29 is 23.8 Å². The van der Waals surface area contributed by atoms with Crippen LogP contribution < -0.4 is 10.2 Å². The molecular formula is C32H32FN7O4. The van der Waals surface area contributed by atoms with Crippen LogP contribution in [0.5, 0.6) is 5.88 Å². The minimum absolute atomic E-state index is 0.0428. The van der Waals surface area contributed by atoms with Crippen molar-refractivity contribution in [2.24, 2.45) is 4.99 Å². The number of ether oxygens (including phenoxy) is 2. The number of likely N-dealkylation sites (tertiary alicyclic amines) is 1. The van der Waals surface area contributed by atoms with Crippen molar-refractivity contribution in [3.8, 4) is 11.9 Å². The first-order valence-electron chi connectivity index (χ1n) is 14.8. The van der Waals surface area contributed by atoms with Crippen molar-refractivity contribution in [2.75, 3.05) is 19.7 Å². The molecule has 11 nitrogen and oxygen atoms in total. The summed E-state index contributed by atoms with van der Waals surface area (Å²) < 4.78 is 28.1. The fourth-order valence-corrected chi connectivity index (χ4v) is 5.89. The lowest BCUT2D eigenvalue weighted by molar-refractivity contribution is -0.102. The predicted molar refractivity (Wildman–Crippen MR) is 158 cm³/mol. The number of nitrogens with zero attached hydrogens (tertiary/aromatic N) is 6. The van der Waals surface area contributed by atoms with Crippen LogP contribution in [0.15, 0.2) is 59.6 Å². The molecule has 4 aromatic rings. The van der Waals surface area contributed by atoms with Gasteiger partial charge < -0.3 is 19.1 Å². The minimum atomic E-state index is -1.21. The largest absolute Gasteiger partial charge is 0.473 e. The van der Waals surface area contributed by atoms with Gasteiger partial charge in [-0.1, -0.05) is 12.1 Å². The number of aliphatic hydroxyl groups excluding tert-OH is 1. The topological polar surface area (TPSA) is 130 Å². The summed E-state index contributed by atoms with van der Waals surface area (Å²) in [6.07, 6.45) is 1.88. The van der Waals surface area contributed by atoms with Crippen molar-refractivity contribution >= 4 is 16.9 Å². The van der Waals surface area contributed by atoms with E-state index in [1.165, 1.54) is 6.07 Å². The molecular weight excluding hydrogens is 565 g/mol. The van der Waals surface area contributed by atoms with Crippen LogP contribution in [-0.4, -0.2) is 62.6 Å². The summed E-state index contributed by atoms with van der Waals surface area (Å²) in [5, 5.41) is 18.6. The fourth-order valence-electron chi connectivity index (χ4n) is 5.89. The van der Waals surface area contributed by atoms with Gasteiger partial charge in [-0.3, -0.25) is 4.90 Å². The number of halogens is 1. The van der Waals surface area contributed by atoms with E-state index in [9.17, 15) is 9.50 Å². The van der Waals surface area contributed by atoms with Gasteiger partial charge in [-0.2, -0.15) is 5.26 Å². The lowest BCUT2D eigenvalue weighted by atomic mass is 9.93. The van der Waals surface area contributed by atoms with Crippen molar-refractivity contribution in [3.63, 3.8) is 0 Å². The average Bonchev–Trinajstić information content (AvgIpc) is 3.61. The van der Waals surface area contributed by atoms with Gasteiger partial charge in [-0.05, 0) is 68.8 Å². The van der Waals surface area contributed by atoms with Gasteiger partial charge in [0.2, 0.25) is 5.88 Å². The van der Waals surface area contributed by atoms with Gasteiger partial charge >= 0.3 is 0 Å². The Hall–Kier alpha value is -4.41. The lowest BCUT2D eigenvalue weighted by Gasteiger charge is -2.32. The summed E-state index contributed by atoms with van der Waals surface area (Å²) in [5.41, 5.74) is 7.03. The second-order valence-corrected chi connectivity index (χ2v) is 11.3. The second kappa shape index (κ2) is 12.3. The van der Waals surface area contributed by atoms with Crippen LogP contribution >= 0.6 is 0 Å². The lowest BCUT2D eigenvalue weighted by Crippen LogP contribution is -2.35. The summed E-state index contributed by atoms with van der Waals surface area (Å²) in [5.74, 6) is 1.77. The first kappa shape index (κ1) is 28.4. The zero-order chi connectivity index (χ0) is 30.0. The first-order chi connectivity index (χ1) is 21.5. The highest BCUT2D eigenvalue weighted by Crippen LogP contribution is 2.30. The SMILES string of the molecule is N#Cc1ccc(COc2cccc(C3CCN(Cc4nc5ccc(C6=NC(O)ON6)cc5n4C[C@@H]4CCO4)CC3)n2)c(F)c1. The molecule has 7 rings (SSSR count). The van der Waals surface area contributed by atoms with Gasteiger partial charge in [0.05, 0.1) is 41.9 Å². The second-order valence-electron chi connectivity index (χ2n) is 11.3. The number of imidazole rings is 1.